The van der Waals surface area contributed by atoms with Crippen LogP contribution in [0.25, 0.3) is 0 Å². The van der Waals surface area contributed by atoms with Crippen LogP contribution in [0.1, 0.15) is 25.0 Å². The highest BCUT2D eigenvalue weighted by Crippen LogP contribution is 2.26. The molecule has 0 saturated carbocycles. The highest BCUT2D eigenvalue weighted by atomic mass is 32.2. The fourth-order valence-corrected chi connectivity index (χ4v) is 5.27. The average molecular weight is 438 g/mol. The molecule has 8 nitrogen and oxygen atoms in total. The minimum Gasteiger partial charge on any atom is -0.326 e. The number of hydrogen-bond donors (Lipinski definition) is 2. The molecule has 0 saturated heterocycles. The summed E-state index contributed by atoms with van der Waals surface area (Å²) in [5.41, 5.74) is 2.66. The summed E-state index contributed by atoms with van der Waals surface area (Å²) in [7, 11) is -7.13. The zero-order valence-corrected chi connectivity index (χ0v) is 17.8. The fourth-order valence-electron chi connectivity index (χ4n) is 3.15. The molecular formula is C19H23N3O5S2. The van der Waals surface area contributed by atoms with E-state index in [1.54, 1.807) is 19.1 Å². The van der Waals surface area contributed by atoms with Crippen molar-refractivity contribution in [3.63, 3.8) is 0 Å². The second-order valence-electron chi connectivity index (χ2n) is 6.78. The maximum atomic E-state index is 12.7. The summed E-state index contributed by atoms with van der Waals surface area (Å²) in [6.07, 6.45) is 0.589. The Bertz CT molecular complexity index is 1130. The molecule has 0 spiro atoms. The Labute approximate surface area is 171 Å². The smallest absolute Gasteiger partial charge is 0.261 e. The second-order valence-corrected chi connectivity index (χ2v) is 10.7. The summed E-state index contributed by atoms with van der Waals surface area (Å²) in [4.78, 5) is 11.1. The second kappa shape index (κ2) is 8.13. The number of anilines is 2. The predicted molar refractivity (Wildman–Crippen MR) is 112 cm³/mol. The van der Waals surface area contributed by atoms with Gasteiger partial charge in [-0.3, -0.25) is 9.52 Å². The van der Waals surface area contributed by atoms with Gasteiger partial charge in [0.25, 0.3) is 10.0 Å². The number of rotatable bonds is 6. The molecule has 0 aliphatic carbocycles. The van der Waals surface area contributed by atoms with Crippen molar-refractivity contribution in [3.05, 3.63) is 53.6 Å². The third-order valence-corrected chi connectivity index (χ3v) is 7.90. The Kier molecular flexibility index (Phi) is 5.97. The SMILES string of the molecule is CCS(=O)(=O)N1CCc2ccc(NS(=O)(=O)c3ccc(NC(C)=O)cc3)cc2C1. The van der Waals surface area contributed by atoms with E-state index in [1.165, 1.54) is 35.5 Å². The van der Waals surface area contributed by atoms with Crippen LogP contribution in [0.3, 0.4) is 0 Å². The number of sulfonamides is 2. The number of carbonyl (C=O) groups excluding carboxylic acids is 1. The van der Waals surface area contributed by atoms with Crippen molar-refractivity contribution in [1.82, 2.24) is 4.31 Å². The number of nitrogens with zero attached hydrogens (tertiary/aromatic N) is 1. The first-order chi connectivity index (χ1) is 13.6. The lowest BCUT2D eigenvalue weighted by molar-refractivity contribution is -0.114. The lowest BCUT2D eigenvalue weighted by Gasteiger charge is -2.28. The molecule has 2 aromatic carbocycles. The third-order valence-electron chi connectivity index (χ3n) is 4.68. The molecule has 0 unspecified atom stereocenters. The Balaban J connectivity index is 1.80. The standard InChI is InChI=1S/C19H23N3O5S2/c1-3-28(24,25)22-11-10-15-4-5-18(12-16(15)13-22)21-29(26,27)19-8-6-17(7-9-19)20-14(2)23/h4-9,12,21H,3,10-11,13H2,1-2H3,(H,20,23). The Morgan fingerprint density at radius 3 is 2.28 bits per heavy atom. The molecule has 2 aromatic rings. The lowest BCUT2D eigenvalue weighted by atomic mass is 10.0. The molecule has 1 aliphatic heterocycles. The number of hydrogen-bond acceptors (Lipinski definition) is 5. The first-order valence-corrected chi connectivity index (χ1v) is 12.2. The number of amides is 1. The monoisotopic (exact) mass is 437 g/mol. The van der Waals surface area contributed by atoms with E-state index in [-0.39, 0.29) is 23.1 Å². The molecule has 10 heteroatoms. The van der Waals surface area contributed by atoms with Crippen LogP contribution < -0.4 is 10.0 Å². The van der Waals surface area contributed by atoms with Gasteiger partial charge in [0.15, 0.2) is 0 Å². The molecule has 0 bridgehead atoms. The van der Waals surface area contributed by atoms with Crippen LogP contribution in [0.15, 0.2) is 47.4 Å². The van der Waals surface area contributed by atoms with E-state index < -0.39 is 20.0 Å². The Morgan fingerprint density at radius 2 is 1.66 bits per heavy atom. The summed E-state index contributed by atoms with van der Waals surface area (Å²) in [6.45, 7) is 3.63. The molecule has 0 radical (unpaired) electrons. The summed E-state index contributed by atoms with van der Waals surface area (Å²) >= 11 is 0. The van der Waals surface area contributed by atoms with Crippen LogP contribution in [0.5, 0.6) is 0 Å². The molecule has 29 heavy (non-hydrogen) atoms. The van der Waals surface area contributed by atoms with Crippen LogP contribution in [-0.2, 0) is 37.8 Å². The molecule has 1 aliphatic rings. The minimum absolute atomic E-state index is 0.0309. The van der Waals surface area contributed by atoms with Gasteiger partial charge < -0.3 is 5.32 Å². The maximum Gasteiger partial charge on any atom is 0.261 e. The normalized spacial score (nSPS) is 14.8. The van der Waals surface area contributed by atoms with Gasteiger partial charge in [0, 0.05) is 31.4 Å². The fraction of sp³-hybridized carbons (Fsp3) is 0.316. The van der Waals surface area contributed by atoms with Gasteiger partial charge in [0.05, 0.1) is 10.6 Å². The number of nitrogens with one attached hydrogen (secondary N) is 2. The van der Waals surface area contributed by atoms with Crippen LogP contribution in [0.4, 0.5) is 11.4 Å². The molecule has 156 valence electrons. The van der Waals surface area contributed by atoms with Gasteiger partial charge in [-0.05, 0) is 60.9 Å². The van der Waals surface area contributed by atoms with E-state index in [4.69, 9.17) is 0 Å². The van der Waals surface area contributed by atoms with Crippen molar-refractivity contribution in [2.24, 2.45) is 0 Å². The Hall–Kier alpha value is -2.43. The van der Waals surface area contributed by atoms with Crippen LogP contribution in [-0.4, -0.2) is 39.3 Å². The summed E-state index contributed by atoms with van der Waals surface area (Å²) in [5.74, 6) is -0.213. The average Bonchev–Trinajstić information content (AvgIpc) is 2.67. The number of fused-ring (bicyclic) bond motifs is 1. The van der Waals surface area contributed by atoms with Crippen LogP contribution in [0.2, 0.25) is 0 Å². The molecule has 3 rings (SSSR count). The van der Waals surface area contributed by atoms with E-state index in [0.717, 1.165) is 11.1 Å². The first-order valence-electron chi connectivity index (χ1n) is 9.11. The molecule has 2 N–H and O–H groups in total. The zero-order valence-electron chi connectivity index (χ0n) is 16.2. The van der Waals surface area contributed by atoms with E-state index in [2.05, 4.69) is 10.0 Å². The van der Waals surface area contributed by atoms with Gasteiger partial charge in [-0.25, -0.2) is 16.8 Å². The van der Waals surface area contributed by atoms with Crippen LogP contribution in [0, 0.1) is 0 Å². The van der Waals surface area contributed by atoms with Gasteiger partial charge in [-0.15, -0.1) is 0 Å². The van der Waals surface area contributed by atoms with E-state index in [1.807, 2.05) is 6.07 Å². The summed E-state index contributed by atoms with van der Waals surface area (Å²) < 4.78 is 53.6. The Morgan fingerprint density at radius 1 is 1.00 bits per heavy atom. The third kappa shape index (κ3) is 4.95. The maximum absolute atomic E-state index is 12.7. The van der Waals surface area contributed by atoms with Gasteiger partial charge >= 0.3 is 0 Å². The first kappa shape index (κ1) is 21.3. The molecular weight excluding hydrogens is 414 g/mol. The van der Waals surface area contributed by atoms with Crippen molar-refractivity contribution in [2.45, 2.75) is 31.7 Å². The van der Waals surface area contributed by atoms with Crippen molar-refractivity contribution in [2.75, 3.05) is 22.3 Å². The van der Waals surface area contributed by atoms with E-state index in [0.29, 0.717) is 24.3 Å². The summed E-state index contributed by atoms with van der Waals surface area (Å²) in [6, 6.07) is 11.0. The quantitative estimate of drug-likeness (QED) is 0.719. The highest BCUT2D eigenvalue weighted by molar-refractivity contribution is 7.92. The van der Waals surface area contributed by atoms with Gasteiger partial charge in [0.1, 0.15) is 0 Å². The highest BCUT2D eigenvalue weighted by Gasteiger charge is 2.25. The molecule has 1 amide bonds. The minimum atomic E-state index is -3.83. The van der Waals surface area contributed by atoms with Gasteiger partial charge in [-0.2, -0.15) is 4.31 Å². The molecule has 0 aromatic heterocycles. The zero-order chi connectivity index (χ0) is 21.2. The lowest BCUT2D eigenvalue weighted by Crippen LogP contribution is -2.36. The van der Waals surface area contributed by atoms with Crippen LogP contribution >= 0.6 is 0 Å². The van der Waals surface area contributed by atoms with Crippen molar-refractivity contribution in [1.29, 1.82) is 0 Å². The van der Waals surface area contributed by atoms with E-state index in [9.17, 15) is 21.6 Å². The van der Waals surface area contributed by atoms with Gasteiger partial charge in [-0.1, -0.05) is 6.07 Å². The van der Waals surface area contributed by atoms with E-state index >= 15 is 0 Å². The molecule has 0 fully saturated rings. The molecule has 0 atom stereocenters. The molecule has 1 heterocycles. The summed E-state index contributed by atoms with van der Waals surface area (Å²) in [5, 5.41) is 2.58. The number of carbonyl (C=O) groups is 1. The van der Waals surface area contributed by atoms with Crippen molar-refractivity contribution in [3.8, 4) is 0 Å². The van der Waals surface area contributed by atoms with Crippen molar-refractivity contribution >= 4 is 37.3 Å². The largest absolute Gasteiger partial charge is 0.326 e. The number of benzene rings is 2. The topological polar surface area (TPSA) is 113 Å². The van der Waals surface area contributed by atoms with Gasteiger partial charge in [0.2, 0.25) is 15.9 Å². The predicted octanol–water partition coefficient (Wildman–Crippen LogP) is 2.15. The van der Waals surface area contributed by atoms with Crippen molar-refractivity contribution < 1.29 is 21.6 Å².